The second-order valence-electron chi connectivity index (χ2n) is 7.45. The van der Waals surface area contributed by atoms with Crippen LogP contribution in [0.15, 0.2) is 77.7 Å². The summed E-state index contributed by atoms with van der Waals surface area (Å²) in [5.74, 6) is -1.75. The lowest BCUT2D eigenvalue weighted by atomic mass is 9.97. The summed E-state index contributed by atoms with van der Waals surface area (Å²) in [6.45, 7) is 0. The van der Waals surface area contributed by atoms with Gasteiger partial charge in [-0.2, -0.15) is 13.2 Å². The molecule has 0 saturated heterocycles. The highest BCUT2D eigenvalue weighted by atomic mass is 32.2. The number of nitrogens with zero attached hydrogens (tertiary/aromatic N) is 1. The number of fused-ring (bicyclic) bond motifs is 1. The van der Waals surface area contributed by atoms with Crippen molar-refractivity contribution in [3.8, 4) is 0 Å². The molecular weight excluding hydrogens is 455 g/mol. The van der Waals surface area contributed by atoms with Crippen LogP contribution in [-0.2, 0) is 16.0 Å². The maximum atomic E-state index is 13.1. The number of aromatic nitrogens is 2. The average molecular weight is 473 g/mol. The van der Waals surface area contributed by atoms with Crippen LogP contribution in [0.2, 0.25) is 0 Å². The molecule has 33 heavy (non-hydrogen) atoms. The summed E-state index contributed by atoms with van der Waals surface area (Å²) in [7, 11) is -3.66. The highest BCUT2D eigenvalue weighted by Gasteiger charge is 2.35. The van der Waals surface area contributed by atoms with Crippen LogP contribution in [0.1, 0.15) is 33.4 Å². The fourth-order valence-corrected chi connectivity index (χ4v) is 4.42. The number of hydrogen-bond donors (Lipinski definition) is 2. The van der Waals surface area contributed by atoms with Crippen LogP contribution in [0.4, 0.5) is 13.2 Å². The van der Waals surface area contributed by atoms with Gasteiger partial charge in [-0.1, -0.05) is 48.5 Å². The monoisotopic (exact) mass is 473 g/mol. The molecule has 6 nitrogen and oxygen atoms in total. The van der Waals surface area contributed by atoms with Gasteiger partial charge in [0.2, 0.25) is 5.82 Å². The third-order valence-electron chi connectivity index (χ3n) is 5.05. The zero-order chi connectivity index (χ0) is 23.8. The van der Waals surface area contributed by atoms with Gasteiger partial charge in [-0.3, -0.25) is 4.79 Å². The third-order valence-corrected chi connectivity index (χ3v) is 6.20. The minimum atomic E-state index is -4.62. The average Bonchev–Trinajstić information content (AvgIpc) is 3.21. The van der Waals surface area contributed by atoms with Crippen LogP contribution >= 0.6 is 0 Å². The smallest absolute Gasteiger partial charge is 0.341 e. The van der Waals surface area contributed by atoms with E-state index in [0.29, 0.717) is 11.1 Å². The molecule has 3 aromatic carbocycles. The van der Waals surface area contributed by atoms with E-state index in [0.717, 1.165) is 6.26 Å². The van der Waals surface area contributed by atoms with Crippen molar-refractivity contribution in [3.05, 3.63) is 95.3 Å². The number of carbonyl (C=O) groups is 1. The molecule has 0 aliphatic heterocycles. The van der Waals surface area contributed by atoms with Gasteiger partial charge in [-0.15, -0.1) is 0 Å². The minimum absolute atomic E-state index is 0.0251. The summed E-state index contributed by atoms with van der Waals surface area (Å²) in [6.07, 6.45) is -3.61. The van der Waals surface area contributed by atoms with E-state index in [4.69, 9.17) is 0 Å². The number of carbonyl (C=O) groups excluding carboxylic acids is 1. The molecule has 1 atom stereocenters. The van der Waals surface area contributed by atoms with Crippen LogP contribution in [0.5, 0.6) is 0 Å². The van der Waals surface area contributed by atoms with Crippen molar-refractivity contribution >= 4 is 26.8 Å². The number of benzene rings is 3. The number of H-pyrrole nitrogens is 1. The first-order valence-electron chi connectivity index (χ1n) is 9.76. The molecule has 0 unspecified atom stereocenters. The Kier molecular flexibility index (Phi) is 5.71. The van der Waals surface area contributed by atoms with Gasteiger partial charge < -0.3 is 10.3 Å². The molecule has 0 aliphatic carbocycles. The highest BCUT2D eigenvalue weighted by molar-refractivity contribution is 7.90. The zero-order valence-electron chi connectivity index (χ0n) is 17.2. The lowest BCUT2D eigenvalue weighted by Gasteiger charge is -2.21. The second kappa shape index (κ2) is 8.36. The van der Waals surface area contributed by atoms with Crippen LogP contribution in [0.3, 0.4) is 0 Å². The fraction of sp³-hybridized carbons (Fsp3) is 0.130. The normalized spacial score (nSPS) is 13.1. The van der Waals surface area contributed by atoms with Crippen molar-refractivity contribution in [1.82, 2.24) is 15.3 Å². The van der Waals surface area contributed by atoms with Crippen molar-refractivity contribution in [1.29, 1.82) is 0 Å². The first kappa shape index (κ1) is 22.5. The first-order valence-corrected chi connectivity index (χ1v) is 11.6. The van der Waals surface area contributed by atoms with Crippen molar-refractivity contribution < 1.29 is 26.4 Å². The van der Waals surface area contributed by atoms with E-state index < -0.39 is 33.8 Å². The van der Waals surface area contributed by atoms with Gasteiger partial charge in [0.15, 0.2) is 9.84 Å². The summed E-state index contributed by atoms with van der Waals surface area (Å²) in [4.78, 5) is 18.8. The SMILES string of the molecule is CS(=O)(=O)c1ccccc1C(=O)N[C@@H](c1ccccc1)c1ccc2nc(C(F)(F)F)[nH]c2c1. The quantitative estimate of drug-likeness (QED) is 0.446. The Labute approximate surface area is 187 Å². The molecule has 0 saturated carbocycles. The van der Waals surface area contributed by atoms with Gasteiger partial charge in [-0.05, 0) is 35.4 Å². The van der Waals surface area contributed by atoms with Gasteiger partial charge >= 0.3 is 6.18 Å². The number of sulfone groups is 1. The largest absolute Gasteiger partial charge is 0.449 e. The number of alkyl halides is 3. The summed E-state index contributed by atoms with van der Waals surface area (Å²) in [6, 6.07) is 18.4. The number of imidazole rings is 1. The van der Waals surface area contributed by atoms with Crippen molar-refractivity contribution in [2.45, 2.75) is 17.1 Å². The van der Waals surface area contributed by atoms with Gasteiger partial charge in [0.25, 0.3) is 5.91 Å². The molecule has 4 aromatic rings. The lowest BCUT2D eigenvalue weighted by Crippen LogP contribution is -2.30. The van der Waals surface area contributed by atoms with E-state index in [-0.39, 0.29) is 21.5 Å². The maximum absolute atomic E-state index is 13.1. The van der Waals surface area contributed by atoms with Crippen LogP contribution < -0.4 is 5.32 Å². The van der Waals surface area contributed by atoms with E-state index in [1.54, 1.807) is 42.5 Å². The minimum Gasteiger partial charge on any atom is -0.341 e. The second-order valence-corrected chi connectivity index (χ2v) is 9.43. The molecule has 1 amide bonds. The molecule has 0 bridgehead atoms. The predicted molar refractivity (Wildman–Crippen MR) is 116 cm³/mol. The third kappa shape index (κ3) is 4.75. The Balaban J connectivity index is 1.77. The molecule has 1 aromatic heterocycles. The van der Waals surface area contributed by atoms with Crippen LogP contribution in [-0.4, -0.2) is 30.5 Å². The van der Waals surface area contributed by atoms with Gasteiger partial charge in [0, 0.05) is 6.26 Å². The molecule has 0 spiro atoms. The van der Waals surface area contributed by atoms with E-state index >= 15 is 0 Å². The molecule has 2 N–H and O–H groups in total. The van der Waals surface area contributed by atoms with Crippen molar-refractivity contribution in [2.24, 2.45) is 0 Å². The topological polar surface area (TPSA) is 91.9 Å². The molecule has 1 heterocycles. The highest BCUT2D eigenvalue weighted by Crippen LogP contribution is 2.31. The van der Waals surface area contributed by atoms with Crippen molar-refractivity contribution in [2.75, 3.05) is 6.26 Å². The van der Waals surface area contributed by atoms with Gasteiger partial charge in [-0.25, -0.2) is 13.4 Å². The Bertz CT molecular complexity index is 1430. The maximum Gasteiger partial charge on any atom is 0.449 e. The molecule has 10 heteroatoms. The number of hydrogen-bond acceptors (Lipinski definition) is 4. The molecule has 0 radical (unpaired) electrons. The number of nitrogens with one attached hydrogen (secondary N) is 2. The molecule has 0 fully saturated rings. The molecule has 170 valence electrons. The van der Waals surface area contributed by atoms with Crippen LogP contribution in [0.25, 0.3) is 11.0 Å². The zero-order valence-corrected chi connectivity index (χ0v) is 18.0. The summed E-state index contributed by atoms with van der Waals surface area (Å²) in [5.41, 5.74) is 1.43. The first-order chi connectivity index (χ1) is 15.5. The number of rotatable bonds is 5. The summed E-state index contributed by atoms with van der Waals surface area (Å²) >= 11 is 0. The molecule has 0 aliphatic rings. The Morgan fingerprint density at radius 1 is 0.970 bits per heavy atom. The van der Waals surface area contributed by atoms with Crippen molar-refractivity contribution in [3.63, 3.8) is 0 Å². The summed E-state index contributed by atoms with van der Waals surface area (Å²) < 4.78 is 63.4. The Morgan fingerprint density at radius 3 is 2.30 bits per heavy atom. The van der Waals surface area contributed by atoms with E-state index in [2.05, 4.69) is 15.3 Å². The molecular formula is C23H18F3N3O3S. The number of aromatic amines is 1. The predicted octanol–water partition coefficient (Wildman–Crippen LogP) is 4.50. The summed E-state index contributed by atoms with van der Waals surface area (Å²) in [5, 5.41) is 2.82. The van der Waals surface area contributed by atoms with E-state index in [9.17, 15) is 26.4 Å². The number of amides is 1. The van der Waals surface area contributed by atoms with Gasteiger partial charge in [0.1, 0.15) is 0 Å². The van der Waals surface area contributed by atoms with Gasteiger partial charge in [0.05, 0.1) is 27.5 Å². The van der Waals surface area contributed by atoms with Crippen LogP contribution in [0, 0.1) is 0 Å². The van der Waals surface area contributed by atoms with E-state index in [1.807, 2.05) is 0 Å². The standard InChI is InChI=1S/C23H18F3N3O3S/c1-33(31,32)19-10-6-5-9-16(19)21(30)29-20(14-7-3-2-4-8-14)15-11-12-17-18(13-15)28-22(27-17)23(24,25)26/h2-13,20H,1H3,(H,27,28)(H,29,30)/t20-/m0/s1. The Morgan fingerprint density at radius 2 is 1.64 bits per heavy atom. The molecule has 4 rings (SSSR count). The Hall–Kier alpha value is -3.66. The fourth-order valence-electron chi connectivity index (χ4n) is 3.53. The van der Waals surface area contributed by atoms with E-state index in [1.165, 1.54) is 30.3 Å². The number of halogens is 3. The lowest BCUT2D eigenvalue weighted by molar-refractivity contribution is -0.144.